The average molecular weight is 364 g/mol. The molecule has 27 heavy (non-hydrogen) atoms. The minimum Gasteiger partial charge on any atom is -0.361 e. The molecule has 142 valence electrons. The van der Waals surface area contributed by atoms with Crippen LogP contribution in [0.5, 0.6) is 0 Å². The summed E-state index contributed by atoms with van der Waals surface area (Å²) in [4.78, 5) is 4.34. The number of nitrogens with one attached hydrogen (secondary N) is 2. The highest BCUT2D eigenvalue weighted by Crippen LogP contribution is 2.18. The molecule has 0 saturated carbocycles. The van der Waals surface area contributed by atoms with Crippen molar-refractivity contribution < 1.29 is 4.52 Å². The van der Waals surface area contributed by atoms with E-state index in [9.17, 15) is 0 Å². The molecule has 5 heteroatoms. The van der Waals surface area contributed by atoms with Crippen LogP contribution in [0.2, 0.25) is 0 Å². The Kier molecular flexibility index (Phi) is 6.47. The summed E-state index contributed by atoms with van der Waals surface area (Å²) in [6, 6.07) is 15.0. The number of aliphatic imine (C=N–C) groups is 1. The Morgan fingerprint density at radius 3 is 2.63 bits per heavy atom. The van der Waals surface area contributed by atoms with E-state index in [0.717, 1.165) is 48.8 Å². The number of rotatable bonds is 7. The average Bonchev–Trinajstić information content (AvgIpc) is 3.12. The van der Waals surface area contributed by atoms with Gasteiger partial charge in [-0.3, -0.25) is 4.99 Å². The molecule has 5 nitrogen and oxygen atoms in total. The van der Waals surface area contributed by atoms with E-state index in [0.29, 0.717) is 6.54 Å². The highest BCUT2D eigenvalue weighted by molar-refractivity contribution is 5.85. The molecule has 0 unspecified atom stereocenters. The third kappa shape index (κ3) is 4.48. The molecule has 0 aliphatic carbocycles. The molecule has 0 spiro atoms. The molecule has 1 aromatic heterocycles. The lowest BCUT2D eigenvalue weighted by Crippen LogP contribution is -2.38. The van der Waals surface area contributed by atoms with Crippen molar-refractivity contribution in [2.75, 3.05) is 13.6 Å². The van der Waals surface area contributed by atoms with Crippen LogP contribution in [0, 0.1) is 0 Å². The fourth-order valence-electron chi connectivity index (χ4n) is 3.36. The zero-order valence-electron chi connectivity index (χ0n) is 16.4. The smallest absolute Gasteiger partial charge is 0.191 e. The number of nitrogens with zero attached hydrogens (tertiary/aromatic N) is 2. The zero-order valence-corrected chi connectivity index (χ0v) is 16.4. The quantitative estimate of drug-likeness (QED) is 0.494. The van der Waals surface area contributed by atoms with Crippen molar-refractivity contribution in [2.45, 2.75) is 39.7 Å². The van der Waals surface area contributed by atoms with E-state index >= 15 is 0 Å². The monoisotopic (exact) mass is 364 g/mol. The van der Waals surface area contributed by atoms with Gasteiger partial charge in [-0.1, -0.05) is 61.5 Å². The topological polar surface area (TPSA) is 62.5 Å². The maximum atomic E-state index is 5.43. The summed E-state index contributed by atoms with van der Waals surface area (Å²) in [5, 5.41) is 13.6. The molecule has 0 amide bonds. The molecule has 2 N–H and O–H groups in total. The summed E-state index contributed by atoms with van der Waals surface area (Å²) in [5.41, 5.74) is 3.51. The van der Waals surface area contributed by atoms with Crippen LogP contribution in [0.1, 0.15) is 36.4 Å². The molecule has 0 atom stereocenters. The molecule has 0 radical (unpaired) electrons. The fraction of sp³-hybridized carbons (Fsp3) is 0.364. The predicted molar refractivity (Wildman–Crippen MR) is 111 cm³/mol. The highest BCUT2D eigenvalue weighted by Gasteiger charge is 2.13. The van der Waals surface area contributed by atoms with E-state index in [4.69, 9.17) is 4.52 Å². The first kappa shape index (κ1) is 19.0. The molecule has 0 aliphatic heterocycles. The van der Waals surface area contributed by atoms with Gasteiger partial charge in [0.25, 0.3) is 0 Å². The summed E-state index contributed by atoms with van der Waals surface area (Å²) < 4.78 is 5.43. The van der Waals surface area contributed by atoms with Crippen molar-refractivity contribution >= 4 is 16.7 Å². The van der Waals surface area contributed by atoms with Crippen LogP contribution < -0.4 is 10.6 Å². The maximum Gasteiger partial charge on any atom is 0.191 e. The standard InChI is InChI=1S/C22H28N4O/c1-4-20-19(21(5-2)27-26-20)15-25-22(23-3)24-14-13-17-11-8-10-16-9-6-7-12-18(16)17/h6-12H,4-5,13-15H2,1-3H3,(H2,23,24,25). The van der Waals surface area contributed by atoms with Gasteiger partial charge in [0.05, 0.1) is 5.69 Å². The second-order valence-electron chi connectivity index (χ2n) is 6.48. The molecule has 0 fully saturated rings. The van der Waals surface area contributed by atoms with Crippen molar-refractivity contribution in [2.24, 2.45) is 4.99 Å². The van der Waals surface area contributed by atoms with Gasteiger partial charge in [-0.05, 0) is 29.2 Å². The van der Waals surface area contributed by atoms with Gasteiger partial charge < -0.3 is 15.2 Å². The van der Waals surface area contributed by atoms with E-state index < -0.39 is 0 Å². The summed E-state index contributed by atoms with van der Waals surface area (Å²) >= 11 is 0. The molecule has 0 bridgehead atoms. The molecular formula is C22H28N4O. The number of benzene rings is 2. The lowest BCUT2D eigenvalue weighted by Gasteiger charge is -2.13. The summed E-state index contributed by atoms with van der Waals surface area (Å²) in [7, 11) is 1.79. The summed E-state index contributed by atoms with van der Waals surface area (Å²) in [5.74, 6) is 1.74. The molecule has 2 aromatic carbocycles. The number of hydrogen-bond acceptors (Lipinski definition) is 3. The van der Waals surface area contributed by atoms with Crippen LogP contribution in [0.15, 0.2) is 52.0 Å². The van der Waals surface area contributed by atoms with Crippen LogP contribution >= 0.6 is 0 Å². The fourth-order valence-corrected chi connectivity index (χ4v) is 3.36. The Bertz CT molecular complexity index is 887. The Morgan fingerprint density at radius 2 is 1.85 bits per heavy atom. The Morgan fingerprint density at radius 1 is 1.04 bits per heavy atom. The number of guanidine groups is 1. The minimum atomic E-state index is 0.670. The normalized spacial score (nSPS) is 11.7. The molecule has 3 rings (SSSR count). The first-order valence-electron chi connectivity index (χ1n) is 9.64. The molecule has 3 aromatic rings. The van der Waals surface area contributed by atoms with Gasteiger partial charge in [-0.15, -0.1) is 0 Å². The lowest BCUT2D eigenvalue weighted by atomic mass is 10.0. The van der Waals surface area contributed by atoms with Gasteiger partial charge in [0, 0.05) is 32.1 Å². The number of fused-ring (bicyclic) bond motifs is 1. The second kappa shape index (κ2) is 9.21. The molecule has 1 heterocycles. The lowest BCUT2D eigenvalue weighted by molar-refractivity contribution is 0.380. The van der Waals surface area contributed by atoms with Gasteiger partial charge in [0.2, 0.25) is 0 Å². The second-order valence-corrected chi connectivity index (χ2v) is 6.48. The molecular weight excluding hydrogens is 336 g/mol. The zero-order chi connectivity index (χ0) is 19.1. The summed E-state index contributed by atoms with van der Waals surface area (Å²) in [6.45, 7) is 5.67. The van der Waals surface area contributed by atoms with Crippen molar-refractivity contribution in [3.8, 4) is 0 Å². The summed E-state index contributed by atoms with van der Waals surface area (Å²) in [6.07, 6.45) is 2.65. The van der Waals surface area contributed by atoms with Crippen LogP contribution in [0.25, 0.3) is 10.8 Å². The first-order valence-corrected chi connectivity index (χ1v) is 9.64. The van der Waals surface area contributed by atoms with Crippen LogP contribution in [0.3, 0.4) is 0 Å². The van der Waals surface area contributed by atoms with Crippen LogP contribution in [-0.2, 0) is 25.8 Å². The number of hydrogen-bond donors (Lipinski definition) is 2. The van der Waals surface area contributed by atoms with E-state index in [2.05, 4.69) is 77.1 Å². The van der Waals surface area contributed by atoms with E-state index in [1.807, 2.05) is 0 Å². The minimum absolute atomic E-state index is 0.670. The van der Waals surface area contributed by atoms with Crippen molar-refractivity contribution in [1.29, 1.82) is 0 Å². The van der Waals surface area contributed by atoms with Gasteiger partial charge in [0.1, 0.15) is 5.76 Å². The number of aromatic nitrogens is 1. The van der Waals surface area contributed by atoms with Crippen molar-refractivity contribution in [3.05, 3.63) is 65.0 Å². The SMILES string of the molecule is CCc1noc(CC)c1CNC(=NC)NCCc1cccc2ccccc12. The first-order chi connectivity index (χ1) is 13.3. The van der Waals surface area contributed by atoms with Gasteiger partial charge in [-0.2, -0.15) is 0 Å². The van der Waals surface area contributed by atoms with Crippen LogP contribution in [0.4, 0.5) is 0 Å². The third-order valence-corrected chi connectivity index (χ3v) is 4.83. The largest absolute Gasteiger partial charge is 0.361 e. The van der Waals surface area contributed by atoms with Crippen LogP contribution in [-0.4, -0.2) is 24.7 Å². The highest BCUT2D eigenvalue weighted by atomic mass is 16.5. The van der Waals surface area contributed by atoms with Gasteiger partial charge in [-0.25, -0.2) is 0 Å². The molecule has 0 aliphatic rings. The number of aryl methyl sites for hydroxylation is 2. The Balaban J connectivity index is 1.58. The maximum absolute atomic E-state index is 5.43. The van der Waals surface area contributed by atoms with Gasteiger partial charge >= 0.3 is 0 Å². The van der Waals surface area contributed by atoms with Crippen molar-refractivity contribution in [1.82, 2.24) is 15.8 Å². The Labute approximate surface area is 160 Å². The predicted octanol–water partition coefficient (Wildman–Crippen LogP) is 3.86. The molecule has 0 saturated heterocycles. The van der Waals surface area contributed by atoms with E-state index in [1.54, 1.807) is 7.05 Å². The Hall–Kier alpha value is -2.82. The van der Waals surface area contributed by atoms with Gasteiger partial charge in [0.15, 0.2) is 5.96 Å². The van der Waals surface area contributed by atoms with Crippen molar-refractivity contribution in [3.63, 3.8) is 0 Å². The third-order valence-electron chi connectivity index (χ3n) is 4.83. The van der Waals surface area contributed by atoms with E-state index in [1.165, 1.54) is 16.3 Å². The van der Waals surface area contributed by atoms with E-state index in [-0.39, 0.29) is 0 Å².